The smallest absolute Gasteiger partial charge is 0.326 e. The Morgan fingerprint density at radius 3 is 2.02 bits per heavy atom. The molecule has 1 amide bonds. The number of ether oxygens (including phenoxy) is 1. The molecule has 1 aliphatic carbocycles. The highest BCUT2D eigenvalue weighted by Crippen LogP contribution is 2.37. The van der Waals surface area contributed by atoms with E-state index in [1.165, 1.54) is 37.7 Å². The predicted molar refractivity (Wildman–Crippen MR) is 173 cm³/mol. The van der Waals surface area contributed by atoms with Crippen LogP contribution in [0.2, 0.25) is 0 Å². The van der Waals surface area contributed by atoms with E-state index in [-0.39, 0.29) is 12.5 Å². The van der Waals surface area contributed by atoms with E-state index in [2.05, 4.69) is 46.5 Å². The maximum Gasteiger partial charge on any atom is 0.326 e. The van der Waals surface area contributed by atoms with E-state index in [0.717, 1.165) is 28.2 Å². The van der Waals surface area contributed by atoms with Gasteiger partial charge < -0.3 is 15.2 Å². The lowest BCUT2D eigenvalue weighted by Gasteiger charge is -2.28. The van der Waals surface area contributed by atoms with Gasteiger partial charge in [0.15, 0.2) is 5.82 Å². The van der Waals surface area contributed by atoms with Crippen LogP contribution >= 0.6 is 0 Å². The van der Waals surface area contributed by atoms with Gasteiger partial charge in [0.05, 0.1) is 6.10 Å². The summed E-state index contributed by atoms with van der Waals surface area (Å²) in [6.45, 7) is 6.15. The minimum atomic E-state index is -1.10. The van der Waals surface area contributed by atoms with Crippen LogP contribution in [-0.2, 0) is 11.2 Å². The first-order valence-electron chi connectivity index (χ1n) is 15.6. The Morgan fingerprint density at radius 2 is 1.45 bits per heavy atom. The van der Waals surface area contributed by atoms with Gasteiger partial charge in [0.2, 0.25) is 0 Å². The van der Waals surface area contributed by atoms with Crippen LogP contribution in [0.4, 0.5) is 0 Å². The third kappa shape index (κ3) is 7.90. The maximum absolute atomic E-state index is 12.7. The van der Waals surface area contributed by atoms with E-state index in [1.807, 2.05) is 50.5 Å². The van der Waals surface area contributed by atoms with Gasteiger partial charge in [0.25, 0.3) is 5.91 Å². The van der Waals surface area contributed by atoms with Crippen molar-refractivity contribution in [1.82, 2.24) is 15.3 Å². The lowest BCUT2D eigenvalue weighted by molar-refractivity contribution is -0.139. The summed E-state index contributed by atoms with van der Waals surface area (Å²) in [6, 6.07) is 21.9. The second-order valence-corrected chi connectivity index (χ2v) is 12.0. The molecule has 0 radical (unpaired) electrons. The molecule has 0 unspecified atom stereocenters. The zero-order chi connectivity index (χ0) is 31.1. The molecule has 1 heterocycles. The summed E-state index contributed by atoms with van der Waals surface area (Å²) in [7, 11) is 0. The molecule has 1 saturated carbocycles. The van der Waals surface area contributed by atoms with E-state index in [1.54, 1.807) is 24.3 Å². The highest BCUT2D eigenvalue weighted by molar-refractivity contribution is 5.96. The number of amides is 1. The molecule has 1 aliphatic rings. The molecule has 1 fully saturated rings. The van der Waals surface area contributed by atoms with Crippen LogP contribution in [0.3, 0.4) is 0 Å². The molecule has 1 atom stereocenters. The summed E-state index contributed by atoms with van der Waals surface area (Å²) in [5.74, 6) is 1.26. The number of aromatic nitrogens is 2. The van der Waals surface area contributed by atoms with E-state index < -0.39 is 17.9 Å². The monoisotopic (exact) mass is 591 g/mol. The standard InChI is InChI=1S/C37H41N3O4/c1-4-25-5-9-27(10-6-25)28-13-15-29(16-14-28)32-22-38-35(39-23-32)30-11-7-26(8-12-30)21-34(37(42)43)40-36(41)31-17-19-33(20-18-31)44-24(2)3/h7-8,11-20,22-25,27,34H,4-6,9-10,21H2,1-3H3,(H,40,41)(H,42,43)/t25?,27?,34-/m0/s1. The Morgan fingerprint density at radius 1 is 0.841 bits per heavy atom. The number of rotatable bonds is 11. The number of carbonyl (C=O) groups is 2. The molecule has 1 aromatic heterocycles. The summed E-state index contributed by atoms with van der Waals surface area (Å²) in [5.41, 5.74) is 5.47. The molecular formula is C37H41N3O4. The van der Waals surface area contributed by atoms with E-state index >= 15 is 0 Å². The van der Waals surface area contributed by atoms with Crippen molar-refractivity contribution in [2.24, 2.45) is 5.92 Å². The second kappa shape index (κ2) is 14.3. The Hall–Kier alpha value is -4.52. The first-order valence-corrected chi connectivity index (χ1v) is 15.6. The van der Waals surface area contributed by atoms with Crippen LogP contribution in [0.15, 0.2) is 85.2 Å². The zero-order valence-electron chi connectivity index (χ0n) is 25.7. The molecule has 2 N–H and O–H groups in total. The molecule has 5 rings (SSSR count). The molecule has 0 bridgehead atoms. The van der Waals surface area contributed by atoms with Crippen LogP contribution in [0.5, 0.6) is 5.75 Å². The van der Waals surface area contributed by atoms with Crippen molar-refractivity contribution >= 4 is 11.9 Å². The van der Waals surface area contributed by atoms with Crippen LogP contribution in [0.25, 0.3) is 22.5 Å². The number of carboxylic acid groups (broad SMARTS) is 1. The summed E-state index contributed by atoms with van der Waals surface area (Å²) in [6.07, 6.45) is 10.4. The first-order chi connectivity index (χ1) is 21.3. The molecule has 7 nitrogen and oxygen atoms in total. The lowest BCUT2D eigenvalue weighted by Crippen LogP contribution is -2.42. The number of hydrogen-bond acceptors (Lipinski definition) is 5. The van der Waals surface area contributed by atoms with Gasteiger partial charge in [0, 0.05) is 35.5 Å². The fourth-order valence-electron chi connectivity index (χ4n) is 5.90. The lowest BCUT2D eigenvalue weighted by atomic mass is 9.78. The largest absolute Gasteiger partial charge is 0.491 e. The van der Waals surface area contributed by atoms with Crippen LogP contribution < -0.4 is 10.1 Å². The van der Waals surface area contributed by atoms with Crippen molar-refractivity contribution in [3.8, 4) is 28.3 Å². The zero-order valence-corrected chi connectivity index (χ0v) is 25.7. The number of carboxylic acids is 1. The van der Waals surface area contributed by atoms with E-state index in [9.17, 15) is 14.7 Å². The minimum Gasteiger partial charge on any atom is -0.491 e. The third-order valence-corrected chi connectivity index (χ3v) is 8.54. The molecule has 0 aliphatic heterocycles. The Labute approximate surface area is 259 Å². The van der Waals surface area contributed by atoms with Gasteiger partial charge in [-0.25, -0.2) is 14.8 Å². The molecule has 0 saturated heterocycles. The fourth-order valence-corrected chi connectivity index (χ4v) is 5.90. The average molecular weight is 592 g/mol. The normalized spacial score (nSPS) is 17.2. The van der Waals surface area contributed by atoms with Crippen molar-refractivity contribution in [2.75, 3.05) is 0 Å². The van der Waals surface area contributed by atoms with Gasteiger partial charge in [-0.05, 0) is 92.3 Å². The van der Waals surface area contributed by atoms with Crippen LogP contribution in [-0.4, -0.2) is 39.1 Å². The van der Waals surface area contributed by atoms with Crippen molar-refractivity contribution in [1.29, 1.82) is 0 Å². The maximum atomic E-state index is 12.7. The molecule has 3 aromatic carbocycles. The Balaban J connectivity index is 1.18. The topological polar surface area (TPSA) is 101 Å². The van der Waals surface area contributed by atoms with Crippen molar-refractivity contribution in [2.45, 2.75) is 77.4 Å². The summed E-state index contributed by atoms with van der Waals surface area (Å²) < 4.78 is 5.61. The number of benzene rings is 3. The molecule has 0 spiro atoms. The molecular weight excluding hydrogens is 550 g/mol. The quantitative estimate of drug-likeness (QED) is 0.185. The van der Waals surface area contributed by atoms with Crippen molar-refractivity contribution < 1.29 is 19.4 Å². The first kappa shape index (κ1) is 30.9. The highest BCUT2D eigenvalue weighted by Gasteiger charge is 2.22. The van der Waals surface area contributed by atoms with E-state index in [0.29, 0.717) is 23.1 Å². The molecule has 7 heteroatoms. The van der Waals surface area contributed by atoms with Gasteiger partial charge in [-0.3, -0.25) is 4.79 Å². The number of nitrogens with one attached hydrogen (secondary N) is 1. The summed E-state index contributed by atoms with van der Waals surface area (Å²) >= 11 is 0. The number of carbonyl (C=O) groups excluding carboxylic acids is 1. The molecule has 228 valence electrons. The SMILES string of the molecule is CCC1CCC(c2ccc(-c3cnc(-c4ccc(C[C@H](NC(=O)c5ccc(OC(C)C)cc5)C(=O)O)cc4)nc3)cc2)CC1. The number of nitrogens with zero attached hydrogens (tertiary/aromatic N) is 2. The van der Waals surface area contributed by atoms with Crippen molar-refractivity contribution in [3.63, 3.8) is 0 Å². The van der Waals surface area contributed by atoms with Crippen LogP contribution in [0, 0.1) is 5.92 Å². The van der Waals surface area contributed by atoms with Crippen LogP contribution in [0.1, 0.15) is 80.3 Å². The van der Waals surface area contributed by atoms with Gasteiger partial charge in [0.1, 0.15) is 11.8 Å². The fraction of sp³-hybridized carbons (Fsp3) is 0.351. The van der Waals surface area contributed by atoms with Crippen molar-refractivity contribution in [3.05, 3.63) is 102 Å². The van der Waals surface area contributed by atoms with E-state index in [4.69, 9.17) is 4.74 Å². The Bertz CT molecular complexity index is 1520. The third-order valence-electron chi connectivity index (χ3n) is 8.54. The number of aliphatic carboxylic acids is 1. The molecule has 44 heavy (non-hydrogen) atoms. The van der Waals surface area contributed by atoms with Gasteiger partial charge in [-0.15, -0.1) is 0 Å². The van der Waals surface area contributed by atoms with Gasteiger partial charge in [-0.2, -0.15) is 0 Å². The minimum absolute atomic E-state index is 0.0195. The predicted octanol–water partition coefficient (Wildman–Crippen LogP) is 7.71. The summed E-state index contributed by atoms with van der Waals surface area (Å²) in [5, 5.41) is 12.4. The highest BCUT2D eigenvalue weighted by atomic mass is 16.5. The summed E-state index contributed by atoms with van der Waals surface area (Å²) in [4.78, 5) is 33.9. The second-order valence-electron chi connectivity index (χ2n) is 12.0. The average Bonchev–Trinajstić information content (AvgIpc) is 3.05. The Kier molecular flexibility index (Phi) is 10.1. The van der Waals surface area contributed by atoms with Gasteiger partial charge >= 0.3 is 5.97 Å². The number of hydrogen-bond donors (Lipinski definition) is 2. The molecule has 4 aromatic rings. The van der Waals surface area contributed by atoms with Gasteiger partial charge in [-0.1, -0.05) is 61.9 Å².